The normalized spacial score (nSPS) is 11.1. The molecular formula is C12H15F3N4O3S. The molecule has 0 bridgehead atoms. The fourth-order valence-corrected chi connectivity index (χ4v) is 2.15. The van der Waals surface area contributed by atoms with Gasteiger partial charge in [0.25, 0.3) is 5.56 Å². The highest BCUT2D eigenvalue weighted by atomic mass is 32.2. The number of carbonyl (C=O) groups is 2. The molecule has 128 valence electrons. The first-order valence-electron chi connectivity index (χ1n) is 6.57. The number of H-pyrrole nitrogens is 1. The van der Waals surface area contributed by atoms with Crippen LogP contribution in [0.1, 0.15) is 19.0 Å². The quantitative estimate of drug-likeness (QED) is 0.527. The van der Waals surface area contributed by atoms with Crippen LogP contribution in [0.4, 0.5) is 18.0 Å². The van der Waals surface area contributed by atoms with E-state index in [0.717, 1.165) is 18.2 Å². The average Bonchev–Trinajstić information content (AvgIpc) is 2.42. The monoisotopic (exact) mass is 352 g/mol. The van der Waals surface area contributed by atoms with Crippen LogP contribution in [-0.2, 0) is 11.2 Å². The Labute approximate surface area is 133 Å². The van der Waals surface area contributed by atoms with Gasteiger partial charge in [0.2, 0.25) is 5.91 Å². The maximum absolute atomic E-state index is 11.9. The predicted octanol–water partition coefficient (Wildman–Crippen LogP) is 1.20. The molecule has 1 aromatic rings. The Balaban J connectivity index is 2.47. The summed E-state index contributed by atoms with van der Waals surface area (Å²) in [6.45, 7) is 0.385. The van der Waals surface area contributed by atoms with Crippen molar-refractivity contribution in [1.82, 2.24) is 20.6 Å². The van der Waals surface area contributed by atoms with Crippen molar-refractivity contribution in [3.63, 3.8) is 0 Å². The number of carbonyl (C=O) groups excluding carboxylic acids is 2. The molecule has 0 aromatic carbocycles. The second kappa shape index (κ2) is 8.56. The lowest BCUT2D eigenvalue weighted by Gasteiger charge is -2.09. The minimum atomic E-state index is -4.56. The average molecular weight is 352 g/mol. The molecule has 0 saturated heterocycles. The van der Waals surface area contributed by atoms with E-state index in [1.165, 1.54) is 11.4 Å². The lowest BCUT2D eigenvalue weighted by Crippen LogP contribution is -2.43. The van der Waals surface area contributed by atoms with E-state index < -0.39 is 24.7 Å². The molecule has 0 aliphatic heterocycles. The standard InChI is InChI=1S/C12H15F3N4O3S/c1-2-3-7-4-8(20)19-11(17-7)23-5-9(21)18-10(22)16-6-12(13,14)15/h4H,2-3,5-6H2,1H3,(H,17,19,20)(H2,16,18,21,22). The highest BCUT2D eigenvalue weighted by Gasteiger charge is 2.27. The molecule has 0 aliphatic rings. The fraction of sp³-hybridized carbons (Fsp3) is 0.500. The summed E-state index contributed by atoms with van der Waals surface area (Å²) in [5, 5.41) is 3.46. The predicted molar refractivity (Wildman–Crippen MR) is 77.2 cm³/mol. The van der Waals surface area contributed by atoms with Crippen LogP contribution in [0.2, 0.25) is 0 Å². The number of rotatable bonds is 6. The Bertz CT molecular complexity index is 618. The van der Waals surface area contributed by atoms with Crippen LogP contribution in [0.25, 0.3) is 0 Å². The molecule has 0 radical (unpaired) electrons. The van der Waals surface area contributed by atoms with Gasteiger partial charge in [0.15, 0.2) is 5.16 Å². The maximum Gasteiger partial charge on any atom is 0.405 e. The number of alkyl halides is 3. The smallest absolute Gasteiger partial charge is 0.329 e. The zero-order valence-electron chi connectivity index (χ0n) is 12.1. The van der Waals surface area contributed by atoms with Crippen LogP contribution < -0.4 is 16.2 Å². The Kier molecular flexibility index (Phi) is 7.07. The summed E-state index contributed by atoms with van der Waals surface area (Å²) in [6.07, 6.45) is -3.16. The molecule has 7 nitrogen and oxygen atoms in total. The van der Waals surface area contributed by atoms with Crippen LogP contribution >= 0.6 is 11.8 Å². The third kappa shape index (κ3) is 8.24. The van der Waals surface area contributed by atoms with E-state index in [1.54, 1.807) is 5.32 Å². The minimum Gasteiger partial charge on any atom is -0.329 e. The highest BCUT2D eigenvalue weighted by Crippen LogP contribution is 2.12. The number of aromatic nitrogens is 2. The number of hydrogen-bond donors (Lipinski definition) is 3. The molecule has 0 saturated carbocycles. The SMILES string of the molecule is CCCc1cc(=O)[nH]c(SCC(=O)NC(=O)NCC(F)(F)F)n1. The molecule has 0 atom stereocenters. The summed E-state index contributed by atoms with van der Waals surface area (Å²) in [6, 6.07) is 0.104. The Hall–Kier alpha value is -2.04. The summed E-state index contributed by atoms with van der Waals surface area (Å²) in [4.78, 5) is 40.5. The zero-order valence-corrected chi connectivity index (χ0v) is 12.9. The van der Waals surface area contributed by atoms with Gasteiger partial charge in [-0.15, -0.1) is 0 Å². The van der Waals surface area contributed by atoms with E-state index in [1.807, 2.05) is 6.92 Å². The van der Waals surface area contributed by atoms with Gasteiger partial charge in [0, 0.05) is 11.8 Å². The highest BCUT2D eigenvalue weighted by molar-refractivity contribution is 7.99. The fourth-order valence-electron chi connectivity index (χ4n) is 1.46. The van der Waals surface area contributed by atoms with Gasteiger partial charge in [0.1, 0.15) is 6.54 Å². The van der Waals surface area contributed by atoms with Crippen LogP contribution in [0.15, 0.2) is 16.0 Å². The van der Waals surface area contributed by atoms with Gasteiger partial charge in [0.05, 0.1) is 5.75 Å². The molecule has 0 fully saturated rings. The number of imide groups is 1. The first-order valence-corrected chi connectivity index (χ1v) is 7.55. The Morgan fingerprint density at radius 2 is 2.09 bits per heavy atom. The minimum absolute atomic E-state index is 0.201. The Morgan fingerprint density at radius 1 is 1.39 bits per heavy atom. The van der Waals surface area contributed by atoms with E-state index >= 15 is 0 Å². The van der Waals surface area contributed by atoms with Gasteiger partial charge in [-0.3, -0.25) is 14.9 Å². The number of amides is 3. The largest absolute Gasteiger partial charge is 0.405 e. The number of halogens is 3. The van der Waals surface area contributed by atoms with Crippen molar-refractivity contribution in [2.75, 3.05) is 12.3 Å². The van der Waals surface area contributed by atoms with Gasteiger partial charge in [-0.2, -0.15) is 13.2 Å². The van der Waals surface area contributed by atoms with Gasteiger partial charge in [-0.05, 0) is 6.42 Å². The molecule has 1 rings (SSSR count). The second-order valence-corrected chi connectivity index (χ2v) is 5.39. The number of aryl methyl sites for hydroxylation is 1. The molecule has 3 amide bonds. The van der Waals surface area contributed by atoms with E-state index in [4.69, 9.17) is 0 Å². The van der Waals surface area contributed by atoms with E-state index in [0.29, 0.717) is 12.1 Å². The maximum atomic E-state index is 11.9. The summed E-state index contributed by atoms with van der Waals surface area (Å²) in [5.41, 5.74) is 0.205. The summed E-state index contributed by atoms with van der Waals surface area (Å²) in [5.74, 6) is -1.09. The van der Waals surface area contributed by atoms with E-state index in [9.17, 15) is 27.6 Å². The van der Waals surface area contributed by atoms with Crippen LogP contribution in [-0.4, -0.2) is 40.4 Å². The first kappa shape index (κ1) is 19.0. The molecule has 11 heteroatoms. The molecule has 0 spiro atoms. The van der Waals surface area contributed by atoms with E-state index in [2.05, 4.69) is 9.97 Å². The first-order chi connectivity index (χ1) is 10.7. The third-order valence-corrected chi connectivity index (χ3v) is 3.19. The number of thioether (sulfide) groups is 1. The van der Waals surface area contributed by atoms with Crippen molar-refractivity contribution in [1.29, 1.82) is 0 Å². The molecule has 1 heterocycles. The van der Waals surface area contributed by atoms with Crippen LogP contribution in [0, 0.1) is 0 Å². The van der Waals surface area contributed by atoms with Crippen molar-refractivity contribution >= 4 is 23.7 Å². The van der Waals surface area contributed by atoms with Crippen molar-refractivity contribution in [2.24, 2.45) is 0 Å². The van der Waals surface area contributed by atoms with Crippen LogP contribution in [0.5, 0.6) is 0 Å². The second-order valence-electron chi connectivity index (χ2n) is 4.43. The van der Waals surface area contributed by atoms with E-state index in [-0.39, 0.29) is 16.5 Å². The number of hydrogen-bond acceptors (Lipinski definition) is 5. The van der Waals surface area contributed by atoms with Crippen LogP contribution in [0.3, 0.4) is 0 Å². The van der Waals surface area contributed by atoms with Crippen molar-refractivity contribution < 1.29 is 22.8 Å². The number of nitrogens with one attached hydrogen (secondary N) is 3. The lowest BCUT2D eigenvalue weighted by atomic mass is 10.2. The summed E-state index contributed by atoms with van der Waals surface area (Å²) >= 11 is 0.867. The van der Waals surface area contributed by atoms with Crippen molar-refractivity contribution in [3.05, 3.63) is 22.1 Å². The van der Waals surface area contributed by atoms with Crippen molar-refractivity contribution in [3.8, 4) is 0 Å². The lowest BCUT2D eigenvalue weighted by molar-refractivity contribution is -0.124. The molecule has 1 aromatic heterocycles. The molecule has 0 aliphatic carbocycles. The molecular weight excluding hydrogens is 337 g/mol. The van der Waals surface area contributed by atoms with Gasteiger partial charge in [-0.1, -0.05) is 25.1 Å². The molecule has 23 heavy (non-hydrogen) atoms. The number of nitrogens with zero attached hydrogens (tertiary/aromatic N) is 1. The summed E-state index contributed by atoms with van der Waals surface area (Å²) < 4.78 is 35.7. The third-order valence-electron chi connectivity index (χ3n) is 2.32. The number of aromatic amines is 1. The number of urea groups is 1. The zero-order chi connectivity index (χ0) is 17.5. The molecule has 0 unspecified atom stereocenters. The van der Waals surface area contributed by atoms with Gasteiger partial charge >= 0.3 is 12.2 Å². The van der Waals surface area contributed by atoms with Crippen molar-refractivity contribution in [2.45, 2.75) is 31.1 Å². The Morgan fingerprint density at radius 3 is 2.70 bits per heavy atom. The van der Waals surface area contributed by atoms with Gasteiger partial charge < -0.3 is 10.3 Å². The summed E-state index contributed by atoms with van der Waals surface area (Å²) in [7, 11) is 0. The molecule has 3 N–H and O–H groups in total. The topological polar surface area (TPSA) is 104 Å². The van der Waals surface area contributed by atoms with Gasteiger partial charge in [-0.25, -0.2) is 9.78 Å².